The van der Waals surface area contributed by atoms with Gasteiger partial charge in [0.25, 0.3) is 0 Å². The van der Waals surface area contributed by atoms with Crippen molar-refractivity contribution in [2.24, 2.45) is 10.9 Å². The summed E-state index contributed by atoms with van der Waals surface area (Å²) in [7, 11) is 0. The zero-order valence-corrected chi connectivity index (χ0v) is 17.5. The fourth-order valence-corrected chi connectivity index (χ4v) is 3.94. The lowest BCUT2D eigenvalue weighted by atomic mass is 9.98. The molecule has 156 valence electrons. The third-order valence-corrected chi connectivity index (χ3v) is 5.46. The van der Waals surface area contributed by atoms with E-state index in [2.05, 4.69) is 29.5 Å². The Kier molecular flexibility index (Phi) is 10.6. The third-order valence-electron chi connectivity index (χ3n) is 5.46. The van der Waals surface area contributed by atoms with Gasteiger partial charge in [0.05, 0.1) is 6.10 Å². The lowest BCUT2D eigenvalue weighted by molar-refractivity contribution is -0.132. The molecule has 6 nitrogen and oxygen atoms in total. The van der Waals surface area contributed by atoms with Gasteiger partial charge in [0.2, 0.25) is 5.91 Å². The molecule has 0 bridgehead atoms. The van der Waals surface area contributed by atoms with E-state index in [0.29, 0.717) is 25.0 Å². The Morgan fingerprint density at radius 1 is 1.15 bits per heavy atom. The Morgan fingerprint density at radius 3 is 2.70 bits per heavy atom. The van der Waals surface area contributed by atoms with Gasteiger partial charge >= 0.3 is 0 Å². The first-order valence-electron chi connectivity index (χ1n) is 11.1. The number of carbonyl (C=O) groups excluding carboxylic acids is 1. The van der Waals surface area contributed by atoms with Gasteiger partial charge in [0.15, 0.2) is 5.96 Å². The summed E-state index contributed by atoms with van der Waals surface area (Å²) >= 11 is 0. The van der Waals surface area contributed by atoms with E-state index in [0.717, 1.165) is 51.6 Å². The average molecular weight is 381 g/mol. The molecule has 0 radical (unpaired) electrons. The maximum atomic E-state index is 12.3. The van der Waals surface area contributed by atoms with Gasteiger partial charge in [-0.15, -0.1) is 0 Å². The molecule has 1 saturated carbocycles. The van der Waals surface area contributed by atoms with Crippen molar-refractivity contribution in [1.29, 1.82) is 0 Å². The van der Waals surface area contributed by atoms with Crippen LogP contribution in [0.1, 0.15) is 71.6 Å². The molecule has 1 amide bonds. The topological polar surface area (TPSA) is 66.0 Å². The van der Waals surface area contributed by atoms with E-state index in [1.165, 1.54) is 38.5 Å². The van der Waals surface area contributed by atoms with Crippen LogP contribution in [-0.4, -0.2) is 62.2 Å². The van der Waals surface area contributed by atoms with E-state index in [4.69, 9.17) is 4.74 Å². The SMILES string of the molecule is CCNC(=NCCCOC1CCCCC1)NCCC(=O)N1CCCC(C)C1. The molecular weight excluding hydrogens is 340 g/mol. The number of ether oxygens (including phenoxy) is 1. The number of piperidine rings is 1. The van der Waals surface area contributed by atoms with Crippen molar-refractivity contribution in [3.05, 3.63) is 0 Å². The van der Waals surface area contributed by atoms with Gasteiger partial charge < -0.3 is 20.3 Å². The normalized spacial score (nSPS) is 21.9. The van der Waals surface area contributed by atoms with Crippen LogP contribution in [0.5, 0.6) is 0 Å². The van der Waals surface area contributed by atoms with Crippen LogP contribution in [0, 0.1) is 5.92 Å². The van der Waals surface area contributed by atoms with E-state index in [1.807, 2.05) is 4.90 Å². The number of hydrogen-bond donors (Lipinski definition) is 2. The minimum absolute atomic E-state index is 0.255. The first-order chi connectivity index (χ1) is 13.2. The third kappa shape index (κ3) is 8.96. The number of hydrogen-bond acceptors (Lipinski definition) is 3. The van der Waals surface area contributed by atoms with Crippen LogP contribution in [0.2, 0.25) is 0 Å². The largest absolute Gasteiger partial charge is 0.378 e. The number of nitrogens with one attached hydrogen (secondary N) is 2. The molecule has 1 atom stereocenters. The Morgan fingerprint density at radius 2 is 1.96 bits per heavy atom. The van der Waals surface area contributed by atoms with Crippen LogP contribution < -0.4 is 10.6 Å². The Labute approximate surface area is 165 Å². The van der Waals surface area contributed by atoms with Crippen molar-refractivity contribution in [2.45, 2.75) is 77.7 Å². The summed E-state index contributed by atoms with van der Waals surface area (Å²) in [6, 6.07) is 0. The first-order valence-corrected chi connectivity index (χ1v) is 11.1. The van der Waals surface area contributed by atoms with Gasteiger partial charge in [-0.05, 0) is 44.9 Å². The van der Waals surface area contributed by atoms with Gasteiger partial charge in [-0.3, -0.25) is 9.79 Å². The summed E-state index contributed by atoms with van der Waals surface area (Å²) in [5.41, 5.74) is 0. The minimum atomic E-state index is 0.255. The number of carbonyl (C=O) groups is 1. The van der Waals surface area contributed by atoms with Crippen molar-refractivity contribution >= 4 is 11.9 Å². The zero-order chi connectivity index (χ0) is 19.3. The van der Waals surface area contributed by atoms with Gasteiger partial charge in [-0.2, -0.15) is 0 Å². The smallest absolute Gasteiger partial charge is 0.224 e. The number of aliphatic imine (C=N–C) groups is 1. The van der Waals surface area contributed by atoms with E-state index in [1.54, 1.807) is 0 Å². The standard InChI is InChI=1S/C21H40N4O2/c1-3-22-21(23-13-8-16-27-19-10-5-4-6-11-19)24-14-12-20(26)25-15-7-9-18(2)17-25/h18-19H,3-17H2,1-2H3,(H2,22,23,24). The van der Waals surface area contributed by atoms with Crippen LogP contribution in [-0.2, 0) is 9.53 Å². The van der Waals surface area contributed by atoms with Gasteiger partial charge in [0, 0.05) is 45.8 Å². The second-order valence-corrected chi connectivity index (χ2v) is 8.01. The van der Waals surface area contributed by atoms with Crippen molar-refractivity contribution in [1.82, 2.24) is 15.5 Å². The van der Waals surface area contributed by atoms with Crippen molar-refractivity contribution in [3.63, 3.8) is 0 Å². The molecule has 2 fully saturated rings. The fraction of sp³-hybridized carbons (Fsp3) is 0.905. The molecule has 0 aromatic rings. The van der Waals surface area contributed by atoms with Crippen LogP contribution in [0.25, 0.3) is 0 Å². The molecule has 1 unspecified atom stereocenters. The lowest BCUT2D eigenvalue weighted by Crippen LogP contribution is -2.42. The summed E-state index contributed by atoms with van der Waals surface area (Å²) in [5, 5.41) is 6.55. The fourth-order valence-electron chi connectivity index (χ4n) is 3.94. The Balaban J connectivity index is 1.60. The molecular formula is C21H40N4O2. The molecule has 0 aromatic carbocycles. The van der Waals surface area contributed by atoms with E-state index >= 15 is 0 Å². The van der Waals surface area contributed by atoms with E-state index < -0.39 is 0 Å². The average Bonchev–Trinajstić information content (AvgIpc) is 2.68. The predicted octanol–water partition coefficient (Wildman–Crippen LogP) is 2.93. The molecule has 6 heteroatoms. The van der Waals surface area contributed by atoms with Crippen molar-refractivity contribution in [2.75, 3.05) is 39.3 Å². The first kappa shape index (κ1) is 22.0. The summed E-state index contributed by atoms with van der Waals surface area (Å²) in [6.45, 7) is 9.11. The lowest BCUT2D eigenvalue weighted by Gasteiger charge is -2.31. The summed E-state index contributed by atoms with van der Waals surface area (Å²) in [6.07, 6.45) is 10.7. The second kappa shape index (κ2) is 13.0. The Bertz CT molecular complexity index is 449. The van der Waals surface area contributed by atoms with E-state index in [-0.39, 0.29) is 5.91 Å². The monoisotopic (exact) mass is 380 g/mol. The number of guanidine groups is 1. The van der Waals surface area contributed by atoms with Crippen molar-refractivity contribution in [3.8, 4) is 0 Å². The predicted molar refractivity (Wildman–Crippen MR) is 111 cm³/mol. The van der Waals surface area contributed by atoms with Gasteiger partial charge in [-0.25, -0.2) is 0 Å². The maximum Gasteiger partial charge on any atom is 0.224 e. The summed E-state index contributed by atoms with van der Waals surface area (Å²) < 4.78 is 5.95. The molecule has 1 heterocycles. The quantitative estimate of drug-likeness (QED) is 0.367. The minimum Gasteiger partial charge on any atom is -0.378 e. The molecule has 1 aliphatic heterocycles. The molecule has 2 aliphatic rings. The molecule has 1 aliphatic carbocycles. The summed E-state index contributed by atoms with van der Waals surface area (Å²) in [5.74, 6) is 1.69. The van der Waals surface area contributed by atoms with Gasteiger partial charge in [0.1, 0.15) is 0 Å². The molecule has 27 heavy (non-hydrogen) atoms. The zero-order valence-electron chi connectivity index (χ0n) is 17.5. The Hall–Kier alpha value is -1.30. The highest BCUT2D eigenvalue weighted by Crippen LogP contribution is 2.20. The maximum absolute atomic E-state index is 12.3. The van der Waals surface area contributed by atoms with Crippen LogP contribution >= 0.6 is 0 Å². The van der Waals surface area contributed by atoms with Crippen LogP contribution in [0.4, 0.5) is 0 Å². The highest BCUT2D eigenvalue weighted by molar-refractivity contribution is 5.81. The second-order valence-electron chi connectivity index (χ2n) is 8.01. The van der Waals surface area contributed by atoms with Crippen LogP contribution in [0.3, 0.4) is 0 Å². The molecule has 2 rings (SSSR count). The van der Waals surface area contributed by atoms with Crippen molar-refractivity contribution < 1.29 is 9.53 Å². The van der Waals surface area contributed by atoms with Crippen LogP contribution in [0.15, 0.2) is 4.99 Å². The highest BCUT2D eigenvalue weighted by Gasteiger charge is 2.20. The molecule has 2 N–H and O–H groups in total. The number of amides is 1. The molecule has 0 aromatic heterocycles. The number of rotatable bonds is 9. The van der Waals surface area contributed by atoms with Gasteiger partial charge in [-0.1, -0.05) is 26.2 Å². The number of likely N-dealkylation sites (tertiary alicyclic amines) is 1. The summed E-state index contributed by atoms with van der Waals surface area (Å²) in [4.78, 5) is 19.0. The molecule has 1 saturated heterocycles. The number of nitrogens with zero attached hydrogens (tertiary/aromatic N) is 2. The van der Waals surface area contributed by atoms with E-state index in [9.17, 15) is 4.79 Å². The highest BCUT2D eigenvalue weighted by atomic mass is 16.5. The molecule has 0 spiro atoms.